The van der Waals surface area contributed by atoms with Crippen molar-refractivity contribution >= 4 is 14.3 Å². The largest absolute Gasteiger partial charge is 0.462 e. The van der Waals surface area contributed by atoms with Gasteiger partial charge in [-0.2, -0.15) is 0 Å². The van der Waals surface area contributed by atoms with Crippen LogP contribution in [0.2, 0.25) is 16.6 Å². The summed E-state index contributed by atoms with van der Waals surface area (Å²) in [6.45, 7) is 31.2. The number of fused-ring (bicyclic) bond motifs is 4. The van der Waals surface area contributed by atoms with E-state index in [9.17, 15) is 4.79 Å². The zero-order valence-electron chi connectivity index (χ0n) is 28.3. The van der Waals surface area contributed by atoms with Crippen molar-refractivity contribution in [1.82, 2.24) is 0 Å². The third kappa shape index (κ3) is 8.37. The molecule has 6 heteroatoms. The molecule has 2 bridgehead atoms. The number of allylic oxidation sites excluding steroid dienone is 3. The first-order valence-corrected chi connectivity index (χ1v) is 18.7. The van der Waals surface area contributed by atoms with Gasteiger partial charge < -0.3 is 18.6 Å². The van der Waals surface area contributed by atoms with Crippen LogP contribution in [0.25, 0.3) is 0 Å². The summed E-state index contributed by atoms with van der Waals surface area (Å²) in [4.78, 5) is 13.1. The molecule has 238 valence electrons. The highest BCUT2D eigenvalue weighted by molar-refractivity contribution is 6.77. The highest BCUT2D eigenvalue weighted by Crippen LogP contribution is 2.48. The van der Waals surface area contributed by atoms with E-state index in [-0.39, 0.29) is 54.4 Å². The van der Waals surface area contributed by atoms with Crippen LogP contribution in [0.3, 0.4) is 0 Å². The SMILES string of the molecule is C=C1C[C@@H](O[Si](C(C)C)(C(C)C)C(C)C)[C@H]2O[C@H]2[C@@H]2CC(=C)[C@H](CC[C@@H](C/C=C/C)OC(=O)[C@@H](C)C[C@H](C)/C=C/1C)O2. The summed E-state index contributed by atoms with van der Waals surface area (Å²) in [5.41, 5.74) is 4.81. The Morgan fingerprint density at radius 1 is 1.00 bits per heavy atom. The van der Waals surface area contributed by atoms with Crippen molar-refractivity contribution in [3.63, 3.8) is 0 Å². The Morgan fingerprint density at radius 2 is 1.64 bits per heavy atom. The van der Waals surface area contributed by atoms with E-state index in [4.69, 9.17) is 18.6 Å². The van der Waals surface area contributed by atoms with Gasteiger partial charge in [0.15, 0.2) is 0 Å². The highest BCUT2D eigenvalue weighted by Gasteiger charge is 2.56. The number of carbonyl (C=O) groups is 1. The Morgan fingerprint density at radius 3 is 2.24 bits per heavy atom. The molecule has 0 aromatic heterocycles. The molecule has 0 N–H and O–H groups in total. The van der Waals surface area contributed by atoms with E-state index in [0.717, 1.165) is 48.8 Å². The van der Waals surface area contributed by atoms with E-state index >= 15 is 0 Å². The Bertz CT molecular complexity index is 988. The first-order chi connectivity index (χ1) is 19.7. The predicted molar refractivity (Wildman–Crippen MR) is 176 cm³/mol. The third-order valence-electron chi connectivity index (χ3n) is 9.95. The van der Waals surface area contributed by atoms with Gasteiger partial charge in [0, 0.05) is 6.42 Å². The maximum absolute atomic E-state index is 13.1. The van der Waals surface area contributed by atoms with Crippen molar-refractivity contribution < 1.29 is 23.4 Å². The summed E-state index contributed by atoms with van der Waals surface area (Å²) in [6, 6.07) is 0. The second kappa shape index (κ2) is 15.0. The minimum Gasteiger partial charge on any atom is -0.462 e. The summed E-state index contributed by atoms with van der Waals surface area (Å²) in [5.74, 6) is -0.0752. The van der Waals surface area contributed by atoms with Crippen molar-refractivity contribution in [3.8, 4) is 0 Å². The van der Waals surface area contributed by atoms with Crippen LogP contribution in [0.1, 0.15) is 108 Å². The fourth-order valence-corrected chi connectivity index (χ4v) is 13.2. The molecular formula is C36H60O5Si. The van der Waals surface area contributed by atoms with Gasteiger partial charge in [-0.25, -0.2) is 0 Å². The van der Waals surface area contributed by atoms with Crippen LogP contribution in [0, 0.1) is 11.8 Å². The van der Waals surface area contributed by atoms with Gasteiger partial charge in [-0.05, 0) is 79.6 Å². The van der Waals surface area contributed by atoms with Gasteiger partial charge in [0.05, 0.1) is 24.2 Å². The number of hydrogen-bond acceptors (Lipinski definition) is 5. The first kappa shape index (κ1) is 35.0. The van der Waals surface area contributed by atoms with E-state index in [1.54, 1.807) is 0 Å². The van der Waals surface area contributed by atoms with Crippen molar-refractivity contribution in [2.24, 2.45) is 11.8 Å². The second-order valence-corrected chi connectivity index (χ2v) is 19.7. The quantitative estimate of drug-likeness (QED) is 0.126. The molecule has 0 aliphatic carbocycles. The summed E-state index contributed by atoms with van der Waals surface area (Å²) in [5, 5.41) is 0. The topological polar surface area (TPSA) is 57.3 Å². The Balaban J connectivity index is 1.93. The molecule has 0 unspecified atom stereocenters. The fraction of sp³-hybridized carbons (Fsp3) is 0.750. The zero-order chi connectivity index (χ0) is 31.4. The number of epoxide rings is 1. The van der Waals surface area contributed by atoms with Crippen LogP contribution in [0.15, 0.2) is 48.1 Å². The molecule has 3 aliphatic rings. The zero-order valence-corrected chi connectivity index (χ0v) is 29.3. The van der Waals surface area contributed by atoms with Gasteiger partial charge in [0.25, 0.3) is 0 Å². The van der Waals surface area contributed by atoms with E-state index in [2.05, 4.69) is 80.7 Å². The Kier molecular flexibility index (Phi) is 12.5. The van der Waals surface area contributed by atoms with E-state index < -0.39 is 8.32 Å². The fourth-order valence-electron chi connectivity index (χ4n) is 7.64. The molecule has 42 heavy (non-hydrogen) atoms. The lowest BCUT2D eigenvalue weighted by Crippen LogP contribution is -2.51. The molecule has 0 amide bonds. The Labute approximate surface area is 258 Å². The summed E-state index contributed by atoms with van der Waals surface area (Å²) < 4.78 is 26.5. The number of esters is 1. The number of hydrogen-bond donors (Lipinski definition) is 0. The molecule has 2 saturated heterocycles. The molecule has 3 aliphatic heterocycles. The molecule has 0 saturated carbocycles. The van der Waals surface area contributed by atoms with Crippen LogP contribution >= 0.6 is 0 Å². The number of cyclic esters (lactones) is 1. The molecule has 5 nitrogen and oxygen atoms in total. The number of ether oxygens (including phenoxy) is 3. The average Bonchev–Trinajstić information content (AvgIpc) is 3.61. The molecule has 0 aromatic rings. The van der Waals surface area contributed by atoms with Crippen molar-refractivity contribution in [3.05, 3.63) is 48.1 Å². The molecule has 0 spiro atoms. The third-order valence-corrected chi connectivity index (χ3v) is 16.1. The number of rotatable bonds is 7. The molecule has 3 heterocycles. The van der Waals surface area contributed by atoms with Crippen LogP contribution in [0.4, 0.5) is 0 Å². The average molecular weight is 601 g/mol. The van der Waals surface area contributed by atoms with Crippen molar-refractivity contribution in [2.45, 2.75) is 161 Å². The number of carbonyl (C=O) groups excluding carboxylic acids is 1. The van der Waals surface area contributed by atoms with Crippen LogP contribution in [-0.2, 0) is 23.4 Å². The van der Waals surface area contributed by atoms with E-state index in [1.807, 2.05) is 19.9 Å². The minimum atomic E-state index is -2.16. The van der Waals surface area contributed by atoms with Gasteiger partial charge in [-0.3, -0.25) is 4.79 Å². The second-order valence-electron chi connectivity index (χ2n) is 14.3. The molecule has 8 atom stereocenters. The van der Waals surface area contributed by atoms with Crippen molar-refractivity contribution in [1.29, 1.82) is 0 Å². The van der Waals surface area contributed by atoms with Gasteiger partial charge in [0.2, 0.25) is 8.32 Å². The standard InChI is InChI=1S/C36H60O5Si/c1-13-14-15-30-16-17-31-28(11)21-32(39-31)34-35(40-34)33(41-42(22(2)3,23(4)5)24(6)7)20-27(10)26(9)18-25(8)19-29(12)36(37)38-30/h13-14,18,22-25,29-35H,10-11,15-17,19-21H2,1-9,12H3/b14-13+,26-18+/t25-,29+,30-,31+,32+,33-,34+,35-/m1/s1. The lowest BCUT2D eigenvalue weighted by atomic mass is 9.92. The van der Waals surface area contributed by atoms with Crippen LogP contribution < -0.4 is 0 Å². The lowest BCUT2D eigenvalue weighted by molar-refractivity contribution is -0.154. The van der Waals surface area contributed by atoms with E-state index in [0.29, 0.717) is 23.0 Å². The molecular weight excluding hydrogens is 540 g/mol. The summed E-state index contributed by atoms with van der Waals surface area (Å²) in [7, 11) is -2.16. The van der Waals surface area contributed by atoms with Gasteiger partial charge in [-0.1, -0.05) is 92.3 Å². The molecule has 3 rings (SSSR count). The maximum Gasteiger partial charge on any atom is 0.308 e. The summed E-state index contributed by atoms with van der Waals surface area (Å²) in [6.07, 6.45) is 10.6. The molecule has 2 fully saturated rings. The molecule has 0 radical (unpaired) electrons. The summed E-state index contributed by atoms with van der Waals surface area (Å²) >= 11 is 0. The smallest absolute Gasteiger partial charge is 0.308 e. The van der Waals surface area contributed by atoms with Crippen LogP contribution in [-0.4, -0.2) is 50.9 Å². The normalized spacial score (nSPS) is 35.3. The first-order valence-electron chi connectivity index (χ1n) is 16.6. The van der Waals surface area contributed by atoms with Crippen LogP contribution in [0.5, 0.6) is 0 Å². The predicted octanol–water partition coefficient (Wildman–Crippen LogP) is 9.25. The monoisotopic (exact) mass is 600 g/mol. The van der Waals surface area contributed by atoms with Gasteiger partial charge in [-0.15, -0.1) is 0 Å². The lowest BCUT2D eigenvalue weighted by Gasteiger charge is -2.44. The van der Waals surface area contributed by atoms with E-state index in [1.165, 1.54) is 0 Å². The molecule has 0 aromatic carbocycles. The Hall–Kier alpha value is -1.47. The highest BCUT2D eigenvalue weighted by atomic mass is 28.4. The van der Waals surface area contributed by atoms with Gasteiger partial charge >= 0.3 is 5.97 Å². The van der Waals surface area contributed by atoms with Gasteiger partial charge in [0.1, 0.15) is 18.3 Å². The minimum absolute atomic E-state index is 0.00216. The van der Waals surface area contributed by atoms with Crippen molar-refractivity contribution in [2.75, 3.05) is 0 Å². The maximum atomic E-state index is 13.1.